The van der Waals surface area contributed by atoms with Crippen molar-refractivity contribution in [1.82, 2.24) is 4.72 Å². The molecule has 118 valence electrons. The van der Waals surface area contributed by atoms with Gasteiger partial charge in [0.2, 0.25) is 10.0 Å². The van der Waals surface area contributed by atoms with Gasteiger partial charge in [0, 0.05) is 13.7 Å². The second-order valence-electron chi connectivity index (χ2n) is 4.63. The van der Waals surface area contributed by atoms with Gasteiger partial charge in [-0.1, -0.05) is 30.3 Å². The number of hydrogen-bond donors (Lipinski definition) is 1. The summed E-state index contributed by atoms with van der Waals surface area (Å²) in [6.07, 6.45) is 0. The summed E-state index contributed by atoms with van der Waals surface area (Å²) in [5.74, 6) is -2.25. The fourth-order valence-corrected chi connectivity index (χ4v) is 3.14. The minimum absolute atomic E-state index is 0.0757. The summed E-state index contributed by atoms with van der Waals surface area (Å²) < 4.78 is 58.4. The maximum Gasteiger partial charge on any atom is 0.246 e. The summed E-state index contributed by atoms with van der Waals surface area (Å²) in [5.41, 5.74) is 1.53. The van der Waals surface area contributed by atoms with Crippen molar-refractivity contribution in [3.8, 4) is 0 Å². The molecule has 0 spiro atoms. The van der Waals surface area contributed by atoms with Crippen molar-refractivity contribution in [2.75, 3.05) is 7.11 Å². The normalized spacial score (nSPS) is 11.6. The highest BCUT2D eigenvalue weighted by atomic mass is 32.2. The van der Waals surface area contributed by atoms with Gasteiger partial charge in [0.25, 0.3) is 0 Å². The number of sulfonamides is 1. The average Bonchev–Trinajstić information content (AvgIpc) is 2.46. The van der Waals surface area contributed by atoms with Crippen LogP contribution in [0.4, 0.5) is 8.78 Å². The van der Waals surface area contributed by atoms with Crippen LogP contribution in [0.5, 0.6) is 0 Å². The quantitative estimate of drug-likeness (QED) is 0.887. The van der Waals surface area contributed by atoms with Gasteiger partial charge in [-0.05, 0) is 23.3 Å². The number of halogens is 2. The highest BCUT2D eigenvalue weighted by Crippen LogP contribution is 2.18. The van der Waals surface area contributed by atoms with Gasteiger partial charge in [0.1, 0.15) is 11.6 Å². The molecule has 4 nitrogen and oxygen atoms in total. The summed E-state index contributed by atoms with van der Waals surface area (Å²) in [7, 11) is -2.72. The minimum Gasteiger partial charge on any atom is -0.380 e. The highest BCUT2D eigenvalue weighted by Gasteiger charge is 2.23. The van der Waals surface area contributed by atoms with Crippen LogP contribution in [0, 0.1) is 11.6 Å². The zero-order valence-electron chi connectivity index (χ0n) is 11.8. The lowest BCUT2D eigenvalue weighted by Crippen LogP contribution is -2.25. The first-order valence-corrected chi connectivity index (χ1v) is 7.93. The van der Waals surface area contributed by atoms with Crippen LogP contribution >= 0.6 is 0 Å². The molecule has 0 heterocycles. The van der Waals surface area contributed by atoms with Gasteiger partial charge in [-0.2, -0.15) is 0 Å². The molecule has 0 aliphatic carbocycles. The van der Waals surface area contributed by atoms with E-state index in [0.717, 1.165) is 23.8 Å². The zero-order valence-corrected chi connectivity index (χ0v) is 12.7. The van der Waals surface area contributed by atoms with Crippen molar-refractivity contribution in [2.45, 2.75) is 18.0 Å². The Kier molecular flexibility index (Phi) is 5.23. The van der Waals surface area contributed by atoms with Crippen LogP contribution < -0.4 is 4.72 Å². The maximum absolute atomic E-state index is 13.6. The topological polar surface area (TPSA) is 55.4 Å². The molecule has 2 aromatic carbocycles. The second-order valence-corrected chi connectivity index (χ2v) is 6.33. The van der Waals surface area contributed by atoms with Crippen LogP contribution in [0.3, 0.4) is 0 Å². The lowest BCUT2D eigenvalue weighted by molar-refractivity contribution is 0.185. The molecule has 0 amide bonds. The van der Waals surface area contributed by atoms with E-state index in [9.17, 15) is 17.2 Å². The van der Waals surface area contributed by atoms with E-state index in [0.29, 0.717) is 12.2 Å². The van der Waals surface area contributed by atoms with Crippen molar-refractivity contribution in [3.05, 3.63) is 65.2 Å². The van der Waals surface area contributed by atoms with E-state index >= 15 is 0 Å². The van der Waals surface area contributed by atoms with Crippen molar-refractivity contribution >= 4 is 10.0 Å². The molecule has 7 heteroatoms. The molecule has 0 aromatic heterocycles. The second kappa shape index (κ2) is 6.95. The summed E-state index contributed by atoms with van der Waals surface area (Å²) in [6.45, 7) is 0.316. The van der Waals surface area contributed by atoms with Gasteiger partial charge < -0.3 is 4.74 Å². The average molecular weight is 327 g/mol. The molecule has 2 rings (SSSR count). The van der Waals surface area contributed by atoms with Gasteiger partial charge in [-0.25, -0.2) is 21.9 Å². The number of benzene rings is 2. The smallest absolute Gasteiger partial charge is 0.246 e. The number of hydrogen-bond acceptors (Lipinski definition) is 3. The molecule has 0 saturated heterocycles. The first-order valence-electron chi connectivity index (χ1n) is 6.44. The van der Waals surface area contributed by atoms with Crippen molar-refractivity contribution < 1.29 is 21.9 Å². The Bertz CT molecular complexity index is 743. The zero-order chi connectivity index (χ0) is 16.2. The fourth-order valence-electron chi connectivity index (χ4n) is 1.99. The standard InChI is InChI=1S/C15H15F2NO3S/c1-21-10-12-5-2-4-11(8-12)9-18-22(19,20)15-13(16)6-3-7-14(15)17/h2-8,18H,9-10H2,1H3. The Balaban J connectivity index is 2.18. The van der Waals surface area contributed by atoms with Crippen LogP contribution in [0.2, 0.25) is 0 Å². The van der Waals surface area contributed by atoms with Gasteiger partial charge in [0.15, 0.2) is 4.90 Å². The number of rotatable bonds is 6. The number of methoxy groups -OCH3 is 1. The summed E-state index contributed by atoms with van der Waals surface area (Å²) in [6, 6.07) is 9.95. The van der Waals surface area contributed by atoms with E-state index in [4.69, 9.17) is 4.74 Å². The lowest BCUT2D eigenvalue weighted by Gasteiger charge is -2.09. The molecule has 1 N–H and O–H groups in total. The molecule has 22 heavy (non-hydrogen) atoms. The van der Waals surface area contributed by atoms with E-state index in [2.05, 4.69) is 4.72 Å². The molecule has 2 aromatic rings. The molecule has 0 radical (unpaired) electrons. The minimum atomic E-state index is -4.28. The van der Waals surface area contributed by atoms with E-state index in [1.165, 1.54) is 0 Å². The molecule has 0 bridgehead atoms. The summed E-state index contributed by atoms with van der Waals surface area (Å²) in [5, 5.41) is 0. The van der Waals surface area contributed by atoms with E-state index in [1.807, 2.05) is 6.07 Å². The van der Waals surface area contributed by atoms with E-state index in [1.54, 1.807) is 25.3 Å². The van der Waals surface area contributed by atoms with Crippen molar-refractivity contribution in [1.29, 1.82) is 0 Å². The fraction of sp³-hybridized carbons (Fsp3) is 0.200. The molecule has 0 unspecified atom stereocenters. The number of ether oxygens (including phenoxy) is 1. The van der Waals surface area contributed by atoms with Gasteiger partial charge in [-0.3, -0.25) is 0 Å². The first-order chi connectivity index (χ1) is 10.4. The predicted molar refractivity (Wildman–Crippen MR) is 77.5 cm³/mol. The van der Waals surface area contributed by atoms with Crippen LogP contribution in [-0.4, -0.2) is 15.5 Å². The van der Waals surface area contributed by atoms with Crippen LogP contribution in [0.15, 0.2) is 47.4 Å². The first kappa shape index (κ1) is 16.5. The predicted octanol–water partition coefficient (Wildman–Crippen LogP) is 2.59. The Hall–Kier alpha value is -1.83. The molecule has 0 atom stereocenters. The van der Waals surface area contributed by atoms with Gasteiger partial charge in [-0.15, -0.1) is 0 Å². The Morgan fingerprint density at radius 2 is 1.64 bits per heavy atom. The monoisotopic (exact) mass is 327 g/mol. The molecule has 0 aliphatic rings. The third-order valence-corrected chi connectivity index (χ3v) is 4.41. The molecule has 0 aliphatic heterocycles. The third-order valence-electron chi connectivity index (χ3n) is 2.96. The number of nitrogens with one attached hydrogen (secondary N) is 1. The molecular formula is C15H15F2NO3S. The molecule has 0 saturated carbocycles. The Morgan fingerprint density at radius 3 is 2.27 bits per heavy atom. The van der Waals surface area contributed by atoms with Crippen molar-refractivity contribution in [2.24, 2.45) is 0 Å². The Morgan fingerprint density at radius 1 is 1.05 bits per heavy atom. The highest BCUT2D eigenvalue weighted by molar-refractivity contribution is 7.89. The van der Waals surface area contributed by atoms with E-state index in [-0.39, 0.29) is 6.54 Å². The molecule has 0 fully saturated rings. The van der Waals surface area contributed by atoms with Crippen LogP contribution in [0.25, 0.3) is 0 Å². The Labute approximate surface area is 127 Å². The third kappa shape index (κ3) is 3.88. The largest absolute Gasteiger partial charge is 0.380 e. The van der Waals surface area contributed by atoms with Crippen molar-refractivity contribution in [3.63, 3.8) is 0 Å². The SMILES string of the molecule is COCc1cccc(CNS(=O)(=O)c2c(F)cccc2F)c1. The van der Waals surface area contributed by atoms with Crippen LogP contribution in [0.1, 0.15) is 11.1 Å². The summed E-state index contributed by atoms with van der Waals surface area (Å²) >= 11 is 0. The van der Waals surface area contributed by atoms with Gasteiger partial charge >= 0.3 is 0 Å². The van der Waals surface area contributed by atoms with Crippen LogP contribution in [-0.2, 0) is 27.9 Å². The lowest BCUT2D eigenvalue weighted by atomic mass is 10.1. The maximum atomic E-state index is 13.6. The van der Waals surface area contributed by atoms with E-state index < -0.39 is 26.6 Å². The molecular weight excluding hydrogens is 312 g/mol. The van der Waals surface area contributed by atoms with Gasteiger partial charge in [0.05, 0.1) is 6.61 Å². The summed E-state index contributed by atoms with van der Waals surface area (Å²) in [4.78, 5) is -0.969.